The van der Waals surface area contributed by atoms with Gasteiger partial charge in [0.2, 0.25) is 5.91 Å². The van der Waals surface area contributed by atoms with Gasteiger partial charge in [-0.3, -0.25) is 4.79 Å². The van der Waals surface area contributed by atoms with E-state index in [2.05, 4.69) is 5.32 Å². The highest BCUT2D eigenvalue weighted by Gasteiger charge is 2.23. The van der Waals surface area contributed by atoms with Gasteiger partial charge in [0.05, 0.1) is 6.61 Å². The molecule has 0 fully saturated rings. The maximum atomic E-state index is 11.4. The molecule has 0 aromatic rings. The molecule has 16 heavy (non-hydrogen) atoms. The Bertz CT molecular complexity index is 243. The molecule has 4 N–H and O–H groups in total. The number of rotatable bonds is 7. The van der Waals surface area contributed by atoms with E-state index < -0.39 is 24.0 Å². The van der Waals surface area contributed by atoms with Gasteiger partial charge in [-0.25, -0.2) is 4.79 Å². The Morgan fingerprint density at radius 3 is 2.38 bits per heavy atom. The summed E-state index contributed by atoms with van der Waals surface area (Å²) in [6, 6.07) is -1.73. The minimum absolute atomic E-state index is 0.0693. The molecule has 0 aliphatic carbocycles. The Hall–Kier alpha value is -1.14. The summed E-state index contributed by atoms with van der Waals surface area (Å²) in [7, 11) is 1.43. The third-order valence-electron chi connectivity index (χ3n) is 2.00. The van der Waals surface area contributed by atoms with Crippen molar-refractivity contribution in [2.75, 3.05) is 13.7 Å². The average molecular weight is 232 g/mol. The second kappa shape index (κ2) is 7.19. The van der Waals surface area contributed by atoms with Crippen molar-refractivity contribution in [2.24, 2.45) is 11.7 Å². The number of hydrogen-bond donors (Lipinski definition) is 3. The number of carboxylic acid groups (broad SMARTS) is 1. The molecule has 1 unspecified atom stereocenters. The number of amides is 1. The SMILES string of the molecule is COCC(N)C(=O)N[C@@H](CC(C)C)C(=O)O. The molecule has 6 nitrogen and oxygen atoms in total. The lowest BCUT2D eigenvalue weighted by molar-refractivity contribution is -0.142. The van der Waals surface area contributed by atoms with Gasteiger partial charge in [0.1, 0.15) is 12.1 Å². The monoisotopic (exact) mass is 232 g/mol. The molecule has 94 valence electrons. The van der Waals surface area contributed by atoms with E-state index in [1.807, 2.05) is 13.8 Å². The molecule has 0 radical (unpaired) electrons. The molecule has 0 saturated carbocycles. The molecule has 0 aromatic carbocycles. The van der Waals surface area contributed by atoms with Crippen LogP contribution < -0.4 is 11.1 Å². The second-order valence-corrected chi connectivity index (χ2v) is 4.09. The lowest BCUT2D eigenvalue weighted by atomic mass is 10.0. The first kappa shape index (κ1) is 14.9. The normalized spacial score (nSPS) is 14.6. The highest BCUT2D eigenvalue weighted by atomic mass is 16.5. The van der Waals surface area contributed by atoms with E-state index in [4.69, 9.17) is 15.6 Å². The number of methoxy groups -OCH3 is 1. The third kappa shape index (κ3) is 5.67. The third-order valence-corrected chi connectivity index (χ3v) is 2.00. The van der Waals surface area contributed by atoms with Gasteiger partial charge in [0.15, 0.2) is 0 Å². The molecule has 0 heterocycles. The summed E-state index contributed by atoms with van der Waals surface area (Å²) in [4.78, 5) is 22.3. The lowest BCUT2D eigenvalue weighted by Gasteiger charge is -2.18. The summed E-state index contributed by atoms with van der Waals surface area (Å²) in [5.41, 5.74) is 5.48. The van der Waals surface area contributed by atoms with Crippen LogP contribution in [0, 0.1) is 5.92 Å². The van der Waals surface area contributed by atoms with Crippen LogP contribution in [0.25, 0.3) is 0 Å². The summed E-state index contributed by atoms with van der Waals surface area (Å²) < 4.78 is 4.71. The van der Waals surface area contributed by atoms with Crippen LogP contribution >= 0.6 is 0 Å². The van der Waals surface area contributed by atoms with Gasteiger partial charge in [-0.2, -0.15) is 0 Å². The summed E-state index contributed by atoms with van der Waals surface area (Å²) in [5, 5.41) is 11.3. The molecular formula is C10H20N2O4. The number of hydrogen-bond acceptors (Lipinski definition) is 4. The predicted molar refractivity (Wildman–Crippen MR) is 58.9 cm³/mol. The van der Waals surface area contributed by atoms with E-state index in [1.54, 1.807) is 0 Å². The van der Waals surface area contributed by atoms with Crippen LogP contribution in [0.2, 0.25) is 0 Å². The summed E-state index contributed by atoms with van der Waals surface area (Å²) in [6.45, 7) is 3.84. The fourth-order valence-corrected chi connectivity index (χ4v) is 1.23. The smallest absolute Gasteiger partial charge is 0.326 e. The Morgan fingerprint density at radius 2 is 2.00 bits per heavy atom. The molecular weight excluding hydrogens is 212 g/mol. The fourth-order valence-electron chi connectivity index (χ4n) is 1.23. The second-order valence-electron chi connectivity index (χ2n) is 4.09. The molecule has 6 heteroatoms. The van der Waals surface area contributed by atoms with Gasteiger partial charge in [0.25, 0.3) is 0 Å². The van der Waals surface area contributed by atoms with Crippen LogP contribution in [0.3, 0.4) is 0 Å². The maximum Gasteiger partial charge on any atom is 0.326 e. The Morgan fingerprint density at radius 1 is 1.44 bits per heavy atom. The van der Waals surface area contributed by atoms with Gasteiger partial charge in [-0.15, -0.1) is 0 Å². The van der Waals surface area contributed by atoms with Crippen molar-refractivity contribution in [1.82, 2.24) is 5.32 Å². The molecule has 0 aliphatic heterocycles. The first-order valence-electron chi connectivity index (χ1n) is 5.16. The summed E-state index contributed by atoms with van der Waals surface area (Å²) >= 11 is 0. The van der Waals surface area contributed by atoms with E-state index >= 15 is 0 Å². The van der Waals surface area contributed by atoms with E-state index in [0.29, 0.717) is 6.42 Å². The number of nitrogens with two attached hydrogens (primary N) is 1. The van der Waals surface area contributed by atoms with Crippen molar-refractivity contribution in [2.45, 2.75) is 32.4 Å². The molecule has 0 aromatic heterocycles. The molecule has 0 rings (SSSR count). The van der Waals surface area contributed by atoms with E-state index in [9.17, 15) is 9.59 Å². The van der Waals surface area contributed by atoms with Crippen molar-refractivity contribution in [3.05, 3.63) is 0 Å². The number of carbonyl (C=O) groups excluding carboxylic acids is 1. The van der Waals surface area contributed by atoms with Crippen molar-refractivity contribution >= 4 is 11.9 Å². The Kier molecular flexibility index (Phi) is 6.67. The van der Waals surface area contributed by atoms with Crippen LogP contribution in [0.5, 0.6) is 0 Å². The predicted octanol–water partition coefficient (Wildman–Crippen LogP) is -0.424. The molecule has 0 bridgehead atoms. The van der Waals surface area contributed by atoms with E-state index in [0.717, 1.165) is 0 Å². The van der Waals surface area contributed by atoms with E-state index in [1.165, 1.54) is 7.11 Å². The minimum atomic E-state index is -1.05. The van der Waals surface area contributed by atoms with Crippen molar-refractivity contribution in [3.8, 4) is 0 Å². The number of ether oxygens (including phenoxy) is 1. The van der Waals surface area contributed by atoms with Crippen molar-refractivity contribution in [3.63, 3.8) is 0 Å². The molecule has 0 saturated heterocycles. The topological polar surface area (TPSA) is 102 Å². The lowest BCUT2D eigenvalue weighted by Crippen LogP contribution is -2.50. The van der Waals surface area contributed by atoms with Crippen LogP contribution in [-0.2, 0) is 14.3 Å². The van der Waals surface area contributed by atoms with Crippen molar-refractivity contribution < 1.29 is 19.4 Å². The molecule has 2 atom stereocenters. The first-order chi connectivity index (χ1) is 7.38. The average Bonchev–Trinajstić information content (AvgIpc) is 2.16. The van der Waals surface area contributed by atoms with Gasteiger partial charge in [-0.05, 0) is 12.3 Å². The standard InChI is InChI=1S/C10H20N2O4/c1-6(2)4-8(10(14)15)12-9(13)7(11)5-16-3/h6-8H,4-5,11H2,1-3H3,(H,12,13)(H,14,15)/t7?,8-/m0/s1. The summed E-state index contributed by atoms with van der Waals surface area (Å²) in [6.07, 6.45) is 0.376. The highest BCUT2D eigenvalue weighted by Crippen LogP contribution is 2.05. The highest BCUT2D eigenvalue weighted by molar-refractivity contribution is 5.86. The van der Waals surface area contributed by atoms with Crippen molar-refractivity contribution in [1.29, 1.82) is 0 Å². The quantitative estimate of drug-likeness (QED) is 0.553. The number of carboxylic acids is 1. The van der Waals surface area contributed by atoms with Gasteiger partial charge in [-0.1, -0.05) is 13.8 Å². The molecule has 0 aliphatic rings. The zero-order valence-corrected chi connectivity index (χ0v) is 9.90. The summed E-state index contributed by atoms with van der Waals surface area (Å²) in [5.74, 6) is -1.37. The van der Waals surface area contributed by atoms with E-state index in [-0.39, 0.29) is 12.5 Å². The largest absolute Gasteiger partial charge is 0.480 e. The number of nitrogens with one attached hydrogen (secondary N) is 1. The Balaban J connectivity index is 4.28. The van der Waals surface area contributed by atoms with Crippen LogP contribution in [0.1, 0.15) is 20.3 Å². The number of carbonyl (C=O) groups is 2. The number of aliphatic carboxylic acids is 1. The van der Waals surface area contributed by atoms with Gasteiger partial charge < -0.3 is 20.9 Å². The molecule has 0 spiro atoms. The maximum absolute atomic E-state index is 11.4. The fraction of sp³-hybridized carbons (Fsp3) is 0.800. The van der Waals surface area contributed by atoms with Crippen LogP contribution in [-0.4, -0.2) is 42.8 Å². The van der Waals surface area contributed by atoms with Gasteiger partial charge in [0, 0.05) is 7.11 Å². The zero-order chi connectivity index (χ0) is 12.7. The van der Waals surface area contributed by atoms with Gasteiger partial charge >= 0.3 is 5.97 Å². The van der Waals surface area contributed by atoms with Crippen LogP contribution in [0.4, 0.5) is 0 Å². The minimum Gasteiger partial charge on any atom is -0.480 e. The zero-order valence-electron chi connectivity index (χ0n) is 9.90. The first-order valence-corrected chi connectivity index (χ1v) is 5.16. The Labute approximate surface area is 95.1 Å². The van der Waals surface area contributed by atoms with Crippen LogP contribution in [0.15, 0.2) is 0 Å². The molecule has 1 amide bonds.